The number of aryl methyl sites for hydroxylation is 1. The maximum absolute atomic E-state index is 12.4. The Kier molecular flexibility index (Phi) is 5.42. The summed E-state index contributed by atoms with van der Waals surface area (Å²) in [6.45, 7) is 7.55. The van der Waals surface area contributed by atoms with Gasteiger partial charge in [-0.2, -0.15) is 0 Å². The van der Waals surface area contributed by atoms with Crippen LogP contribution >= 0.6 is 11.6 Å². The second-order valence-corrected chi connectivity index (χ2v) is 6.85. The molecule has 2 aliphatic heterocycles. The van der Waals surface area contributed by atoms with Crippen molar-refractivity contribution in [2.45, 2.75) is 33.1 Å². The minimum Gasteiger partial charge on any atom is -0.353 e. The second-order valence-electron chi connectivity index (χ2n) is 6.50. The quantitative estimate of drug-likeness (QED) is 0.583. The molecule has 0 unspecified atom stereocenters. The minimum atomic E-state index is -0.380. The van der Waals surface area contributed by atoms with Gasteiger partial charge >= 0.3 is 11.8 Å². The van der Waals surface area contributed by atoms with Crippen molar-refractivity contribution in [3.8, 4) is 0 Å². The van der Waals surface area contributed by atoms with Gasteiger partial charge in [0.15, 0.2) is 0 Å². The van der Waals surface area contributed by atoms with Gasteiger partial charge in [0.05, 0.1) is 0 Å². The number of hydrogen-bond donors (Lipinski definition) is 0. The van der Waals surface area contributed by atoms with Crippen molar-refractivity contribution in [1.82, 2.24) is 19.8 Å². The summed E-state index contributed by atoms with van der Waals surface area (Å²) in [7, 11) is 0. The maximum Gasteiger partial charge on any atom is 0.312 e. The standard InChI is InChI=1S/C17H24ClN5O2/c1-3-13-14(18)19-12(2)20-15(13)21-8-10-23(11-9-21)17(25)16(24)22-6-4-5-7-22/h3-11H2,1-2H3. The average Bonchev–Trinajstić information content (AvgIpc) is 3.14. The zero-order chi connectivity index (χ0) is 18.0. The molecule has 2 fully saturated rings. The van der Waals surface area contributed by atoms with Gasteiger partial charge in [0, 0.05) is 44.8 Å². The van der Waals surface area contributed by atoms with E-state index in [2.05, 4.69) is 14.9 Å². The summed E-state index contributed by atoms with van der Waals surface area (Å²) in [6, 6.07) is 0. The normalized spacial score (nSPS) is 18.0. The summed E-state index contributed by atoms with van der Waals surface area (Å²) < 4.78 is 0. The van der Waals surface area contributed by atoms with Crippen molar-refractivity contribution in [3.05, 3.63) is 16.5 Å². The summed E-state index contributed by atoms with van der Waals surface area (Å²) in [4.78, 5) is 38.9. The molecule has 0 saturated carbocycles. The third-order valence-corrected chi connectivity index (χ3v) is 5.16. The Morgan fingerprint density at radius 2 is 1.52 bits per heavy atom. The molecule has 3 heterocycles. The maximum atomic E-state index is 12.4. The van der Waals surface area contributed by atoms with E-state index in [0.717, 1.165) is 30.6 Å². The Morgan fingerprint density at radius 1 is 0.960 bits per heavy atom. The Labute approximate surface area is 153 Å². The molecule has 0 atom stereocenters. The highest BCUT2D eigenvalue weighted by Crippen LogP contribution is 2.26. The highest BCUT2D eigenvalue weighted by Gasteiger charge is 2.31. The fraction of sp³-hybridized carbons (Fsp3) is 0.647. The Balaban J connectivity index is 1.66. The van der Waals surface area contributed by atoms with Gasteiger partial charge in [0.2, 0.25) is 0 Å². The highest BCUT2D eigenvalue weighted by atomic mass is 35.5. The summed E-state index contributed by atoms with van der Waals surface area (Å²) in [5.74, 6) is 0.744. The first-order chi connectivity index (χ1) is 12.0. The van der Waals surface area contributed by atoms with E-state index in [1.807, 2.05) is 13.8 Å². The van der Waals surface area contributed by atoms with E-state index in [0.29, 0.717) is 50.2 Å². The monoisotopic (exact) mass is 365 g/mol. The zero-order valence-electron chi connectivity index (χ0n) is 14.8. The van der Waals surface area contributed by atoms with Crippen LogP contribution in [0.3, 0.4) is 0 Å². The third-order valence-electron chi connectivity index (χ3n) is 4.84. The Morgan fingerprint density at radius 3 is 2.08 bits per heavy atom. The number of rotatable bonds is 2. The first-order valence-electron chi connectivity index (χ1n) is 8.87. The molecule has 1 aromatic heterocycles. The number of carbonyl (C=O) groups excluding carboxylic acids is 2. The lowest BCUT2D eigenvalue weighted by atomic mass is 10.2. The predicted molar refractivity (Wildman–Crippen MR) is 95.8 cm³/mol. The number of likely N-dealkylation sites (tertiary alicyclic amines) is 1. The van der Waals surface area contributed by atoms with Gasteiger partial charge in [-0.3, -0.25) is 9.59 Å². The van der Waals surface area contributed by atoms with Crippen molar-refractivity contribution >= 4 is 29.2 Å². The lowest BCUT2D eigenvalue weighted by Crippen LogP contribution is -2.53. The second kappa shape index (κ2) is 7.56. The van der Waals surface area contributed by atoms with Crippen molar-refractivity contribution in [3.63, 3.8) is 0 Å². The van der Waals surface area contributed by atoms with Crippen LogP contribution in [-0.2, 0) is 16.0 Å². The molecule has 0 aromatic carbocycles. The molecule has 3 rings (SSSR count). The van der Waals surface area contributed by atoms with E-state index in [4.69, 9.17) is 11.6 Å². The van der Waals surface area contributed by atoms with Gasteiger partial charge in [-0.15, -0.1) is 0 Å². The number of hydrogen-bond acceptors (Lipinski definition) is 5. The number of aromatic nitrogens is 2. The molecule has 0 bridgehead atoms. The molecule has 2 amide bonds. The topological polar surface area (TPSA) is 69.6 Å². The number of anilines is 1. The van der Waals surface area contributed by atoms with Crippen molar-refractivity contribution in [2.24, 2.45) is 0 Å². The summed E-state index contributed by atoms with van der Waals surface area (Å²) in [6.07, 6.45) is 2.72. The number of halogens is 1. The summed E-state index contributed by atoms with van der Waals surface area (Å²) >= 11 is 6.25. The molecule has 8 heteroatoms. The van der Waals surface area contributed by atoms with Crippen molar-refractivity contribution < 1.29 is 9.59 Å². The molecule has 1 aromatic rings. The van der Waals surface area contributed by atoms with Crippen LogP contribution in [-0.4, -0.2) is 70.9 Å². The molecular formula is C17H24ClN5O2. The van der Waals surface area contributed by atoms with Gasteiger partial charge in [-0.05, 0) is 26.2 Å². The van der Waals surface area contributed by atoms with Crippen LogP contribution in [0.15, 0.2) is 0 Å². The van der Waals surface area contributed by atoms with Crippen molar-refractivity contribution in [1.29, 1.82) is 0 Å². The summed E-state index contributed by atoms with van der Waals surface area (Å²) in [5.41, 5.74) is 0.931. The molecule has 0 spiro atoms. The third kappa shape index (κ3) is 3.71. The number of carbonyl (C=O) groups is 2. The lowest BCUT2D eigenvalue weighted by Gasteiger charge is -2.36. The highest BCUT2D eigenvalue weighted by molar-refractivity contribution is 6.35. The lowest BCUT2D eigenvalue weighted by molar-refractivity contribution is -0.151. The molecule has 25 heavy (non-hydrogen) atoms. The van der Waals surface area contributed by atoms with Crippen molar-refractivity contribution in [2.75, 3.05) is 44.2 Å². The van der Waals surface area contributed by atoms with Crippen LogP contribution in [0.5, 0.6) is 0 Å². The summed E-state index contributed by atoms with van der Waals surface area (Å²) in [5, 5.41) is 0.493. The van der Waals surface area contributed by atoms with E-state index in [1.54, 1.807) is 9.80 Å². The van der Waals surface area contributed by atoms with Crippen LogP contribution in [0.1, 0.15) is 31.2 Å². The SMILES string of the molecule is CCc1c(Cl)nc(C)nc1N1CCN(C(=O)C(=O)N2CCCC2)CC1. The molecule has 7 nitrogen and oxygen atoms in total. The van der Waals surface area contributed by atoms with Gasteiger partial charge in [0.25, 0.3) is 0 Å². The first kappa shape index (κ1) is 17.9. The predicted octanol–water partition coefficient (Wildman–Crippen LogP) is 1.27. The molecule has 136 valence electrons. The largest absolute Gasteiger partial charge is 0.353 e. The van der Waals surface area contributed by atoms with Crippen LogP contribution < -0.4 is 4.90 Å². The molecule has 2 saturated heterocycles. The van der Waals surface area contributed by atoms with Crippen LogP contribution in [0.2, 0.25) is 5.15 Å². The van der Waals surface area contributed by atoms with Gasteiger partial charge in [-0.1, -0.05) is 18.5 Å². The average molecular weight is 366 g/mol. The Bertz CT molecular complexity index is 667. The van der Waals surface area contributed by atoms with E-state index >= 15 is 0 Å². The van der Waals surface area contributed by atoms with E-state index in [-0.39, 0.29) is 11.8 Å². The molecular weight excluding hydrogens is 342 g/mol. The zero-order valence-corrected chi connectivity index (χ0v) is 15.6. The van der Waals surface area contributed by atoms with Crippen LogP contribution in [0.4, 0.5) is 5.82 Å². The molecule has 2 aliphatic rings. The Hall–Kier alpha value is -1.89. The van der Waals surface area contributed by atoms with Crippen LogP contribution in [0.25, 0.3) is 0 Å². The number of nitrogens with zero attached hydrogens (tertiary/aromatic N) is 5. The smallest absolute Gasteiger partial charge is 0.312 e. The van der Waals surface area contributed by atoms with E-state index < -0.39 is 0 Å². The first-order valence-corrected chi connectivity index (χ1v) is 9.25. The van der Waals surface area contributed by atoms with E-state index in [1.165, 1.54) is 0 Å². The number of piperazine rings is 1. The fourth-order valence-electron chi connectivity index (χ4n) is 3.43. The molecule has 0 aliphatic carbocycles. The van der Waals surface area contributed by atoms with Gasteiger partial charge in [-0.25, -0.2) is 9.97 Å². The van der Waals surface area contributed by atoms with E-state index in [9.17, 15) is 9.59 Å². The molecule has 0 radical (unpaired) electrons. The van der Waals surface area contributed by atoms with Gasteiger partial charge in [0.1, 0.15) is 16.8 Å². The van der Waals surface area contributed by atoms with Gasteiger partial charge < -0.3 is 14.7 Å². The number of amides is 2. The molecule has 0 N–H and O–H groups in total. The van der Waals surface area contributed by atoms with Crippen LogP contribution in [0, 0.1) is 6.92 Å². The minimum absolute atomic E-state index is 0.360. The fourth-order valence-corrected chi connectivity index (χ4v) is 3.77.